The van der Waals surface area contributed by atoms with E-state index in [4.69, 9.17) is 23.2 Å². The molecular weight excluding hydrogens is 481 g/mol. The Morgan fingerprint density at radius 2 is 1.64 bits per heavy atom. The predicted octanol–water partition coefficient (Wildman–Crippen LogP) is 4.45. The van der Waals surface area contributed by atoms with E-state index in [0.717, 1.165) is 18.7 Å². The molecule has 0 atom stereocenters. The number of piperidine rings is 1. The number of nitrogens with one attached hydrogen (secondary N) is 1. The first-order valence-corrected chi connectivity index (χ1v) is 13.7. The van der Waals surface area contributed by atoms with E-state index >= 15 is 0 Å². The van der Waals surface area contributed by atoms with Crippen LogP contribution in [0.4, 0.5) is 5.69 Å². The minimum atomic E-state index is -3.52. The molecule has 2 aliphatic heterocycles. The van der Waals surface area contributed by atoms with E-state index in [1.165, 1.54) is 22.8 Å². The van der Waals surface area contributed by atoms with Gasteiger partial charge in [-0.15, -0.1) is 0 Å². The van der Waals surface area contributed by atoms with Crippen LogP contribution in [-0.4, -0.2) is 44.8 Å². The maximum atomic E-state index is 12.8. The summed E-state index contributed by atoms with van der Waals surface area (Å²) < 4.78 is 27.1. The van der Waals surface area contributed by atoms with Crippen molar-refractivity contribution in [3.63, 3.8) is 0 Å². The molecule has 9 heteroatoms. The van der Waals surface area contributed by atoms with Crippen LogP contribution in [0, 0.1) is 5.92 Å². The van der Waals surface area contributed by atoms with E-state index in [-0.39, 0.29) is 17.6 Å². The van der Waals surface area contributed by atoms with Gasteiger partial charge in [0.2, 0.25) is 15.9 Å². The summed E-state index contributed by atoms with van der Waals surface area (Å²) in [7, 11) is -3.52. The molecule has 1 N–H and O–H groups in total. The number of sulfonamides is 1. The molecule has 0 aromatic heterocycles. The topological polar surface area (TPSA) is 69.7 Å². The zero-order chi connectivity index (χ0) is 23.4. The number of hydrogen-bond acceptors (Lipinski definition) is 4. The summed E-state index contributed by atoms with van der Waals surface area (Å²) in [5.74, 6) is -0.372. The van der Waals surface area contributed by atoms with Gasteiger partial charge >= 0.3 is 0 Å². The van der Waals surface area contributed by atoms with Gasteiger partial charge in [-0.3, -0.25) is 4.79 Å². The van der Waals surface area contributed by atoms with Crippen molar-refractivity contribution >= 4 is 44.8 Å². The lowest BCUT2D eigenvalue weighted by molar-refractivity contribution is -0.126. The lowest BCUT2D eigenvalue weighted by atomic mass is 9.97. The predicted molar refractivity (Wildman–Crippen MR) is 133 cm³/mol. The van der Waals surface area contributed by atoms with Crippen molar-refractivity contribution in [1.82, 2.24) is 9.62 Å². The molecule has 0 aliphatic carbocycles. The lowest BCUT2D eigenvalue weighted by Gasteiger charge is -2.30. The molecule has 6 nitrogen and oxygen atoms in total. The van der Waals surface area contributed by atoms with Gasteiger partial charge in [-0.2, -0.15) is 0 Å². The third-order valence-corrected chi connectivity index (χ3v) is 8.86. The maximum absolute atomic E-state index is 12.8. The van der Waals surface area contributed by atoms with Crippen LogP contribution in [0.2, 0.25) is 10.0 Å². The minimum Gasteiger partial charge on any atom is -0.372 e. The van der Waals surface area contributed by atoms with Crippen LogP contribution in [0.25, 0.3) is 0 Å². The summed E-state index contributed by atoms with van der Waals surface area (Å²) in [6.07, 6.45) is 3.50. The number of carbonyl (C=O) groups excluding carboxylic acids is 1. The van der Waals surface area contributed by atoms with Gasteiger partial charge in [0.25, 0.3) is 0 Å². The molecule has 1 amide bonds. The first kappa shape index (κ1) is 24.3. The summed E-state index contributed by atoms with van der Waals surface area (Å²) in [5.41, 5.74) is 2.82. The Balaban J connectivity index is 1.25. The standard InChI is InChI=1S/C24H29Cl2N3O3S/c25-21-6-5-20(23(26)15-21)17-33(31,32)29-13-9-19(10-14-29)24(30)27-16-18-3-7-22(8-4-18)28-11-1-2-12-28/h3-8,15,19H,1-2,9-14,16-17H2,(H,27,30). The Morgan fingerprint density at radius 3 is 2.27 bits per heavy atom. The van der Waals surface area contributed by atoms with Crippen LogP contribution in [0.3, 0.4) is 0 Å². The second kappa shape index (κ2) is 10.6. The zero-order valence-electron chi connectivity index (χ0n) is 18.5. The van der Waals surface area contributed by atoms with Gasteiger partial charge in [0.05, 0.1) is 5.75 Å². The molecule has 178 valence electrons. The van der Waals surface area contributed by atoms with Crippen LogP contribution in [0.5, 0.6) is 0 Å². The Hall–Kier alpha value is -1.80. The minimum absolute atomic E-state index is 0.0172. The monoisotopic (exact) mass is 509 g/mol. The highest BCUT2D eigenvalue weighted by molar-refractivity contribution is 7.88. The molecule has 0 unspecified atom stereocenters. The molecular formula is C24H29Cl2N3O3S. The highest BCUT2D eigenvalue weighted by atomic mass is 35.5. The lowest BCUT2D eigenvalue weighted by Crippen LogP contribution is -2.43. The van der Waals surface area contributed by atoms with Gasteiger partial charge < -0.3 is 10.2 Å². The molecule has 2 aromatic rings. The smallest absolute Gasteiger partial charge is 0.223 e. The fourth-order valence-corrected chi connectivity index (χ4v) is 6.61. The van der Waals surface area contributed by atoms with Gasteiger partial charge in [0, 0.05) is 54.4 Å². The third-order valence-electron chi connectivity index (χ3n) is 6.45. The largest absolute Gasteiger partial charge is 0.372 e. The number of benzene rings is 2. The first-order chi connectivity index (χ1) is 15.8. The zero-order valence-corrected chi connectivity index (χ0v) is 20.8. The molecule has 0 saturated carbocycles. The SMILES string of the molecule is O=C(NCc1ccc(N2CCCC2)cc1)C1CCN(S(=O)(=O)Cc2ccc(Cl)cc2Cl)CC1. The van der Waals surface area contributed by atoms with Crippen molar-refractivity contribution in [3.05, 3.63) is 63.6 Å². The summed E-state index contributed by atoms with van der Waals surface area (Å²) >= 11 is 12.0. The van der Waals surface area contributed by atoms with Crippen LogP contribution in [0.1, 0.15) is 36.8 Å². The van der Waals surface area contributed by atoms with E-state index in [9.17, 15) is 13.2 Å². The average Bonchev–Trinajstić information content (AvgIpc) is 3.35. The number of nitrogens with zero attached hydrogens (tertiary/aromatic N) is 2. The third kappa shape index (κ3) is 6.21. The summed E-state index contributed by atoms with van der Waals surface area (Å²) in [4.78, 5) is 15.0. The summed E-state index contributed by atoms with van der Waals surface area (Å²) in [6, 6.07) is 13.2. The first-order valence-electron chi connectivity index (χ1n) is 11.4. The normalized spacial score (nSPS) is 17.9. The van der Waals surface area contributed by atoms with Crippen molar-refractivity contribution in [2.24, 2.45) is 5.92 Å². The van der Waals surface area contributed by atoms with Gasteiger partial charge in [0.1, 0.15) is 0 Å². The van der Waals surface area contributed by atoms with E-state index in [0.29, 0.717) is 48.1 Å². The van der Waals surface area contributed by atoms with E-state index in [1.54, 1.807) is 18.2 Å². The van der Waals surface area contributed by atoms with Gasteiger partial charge in [-0.1, -0.05) is 41.4 Å². The molecule has 33 heavy (non-hydrogen) atoms. The molecule has 2 aromatic carbocycles. The molecule has 0 radical (unpaired) electrons. The average molecular weight is 510 g/mol. The maximum Gasteiger partial charge on any atom is 0.223 e. The number of anilines is 1. The van der Waals surface area contributed by atoms with Crippen molar-refractivity contribution < 1.29 is 13.2 Å². The Morgan fingerprint density at radius 1 is 0.970 bits per heavy atom. The Labute approximate surface area is 205 Å². The molecule has 2 heterocycles. The fourth-order valence-electron chi connectivity index (χ4n) is 4.46. The molecule has 0 spiro atoms. The van der Waals surface area contributed by atoms with E-state index in [1.807, 2.05) is 0 Å². The van der Waals surface area contributed by atoms with Crippen LogP contribution in [-0.2, 0) is 27.1 Å². The number of amides is 1. The number of carbonyl (C=O) groups is 1. The van der Waals surface area contributed by atoms with Crippen LogP contribution in [0.15, 0.2) is 42.5 Å². The Bertz CT molecular complexity index is 1080. The number of rotatable bonds is 7. The molecule has 2 fully saturated rings. The molecule has 4 rings (SSSR count). The molecule has 2 aliphatic rings. The number of halogens is 2. The molecule has 2 saturated heterocycles. The van der Waals surface area contributed by atoms with Crippen LogP contribution >= 0.6 is 23.2 Å². The van der Waals surface area contributed by atoms with Crippen molar-refractivity contribution in [2.45, 2.75) is 38.0 Å². The van der Waals surface area contributed by atoms with Crippen molar-refractivity contribution in [3.8, 4) is 0 Å². The highest BCUT2D eigenvalue weighted by Crippen LogP contribution is 2.26. The van der Waals surface area contributed by atoms with Gasteiger partial charge in [-0.25, -0.2) is 12.7 Å². The summed E-state index contributed by atoms with van der Waals surface area (Å²) in [5, 5.41) is 3.82. The second-order valence-corrected chi connectivity index (χ2v) is 11.6. The second-order valence-electron chi connectivity index (χ2n) is 8.74. The van der Waals surface area contributed by atoms with E-state index < -0.39 is 10.0 Å². The van der Waals surface area contributed by atoms with Gasteiger partial charge in [0.15, 0.2) is 0 Å². The Kier molecular flexibility index (Phi) is 7.84. The van der Waals surface area contributed by atoms with Gasteiger partial charge in [-0.05, 0) is 61.1 Å². The van der Waals surface area contributed by atoms with Crippen molar-refractivity contribution in [2.75, 3.05) is 31.1 Å². The quantitative estimate of drug-likeness (QED) is 0.598. The highest BCUT2D eigenvalue weighted by Gasteiger charge is 2.31. The van der Waals surface area contributed by atoms with Crippen molar-refractivity contribution in [1.29, 1.82) is 0 Å². The van der Waals surface area contributed by atoms with E-state index in [2.05, 4.69) is 34.5 Å². The van der Waals surface area contributed by atoms with Crippen LogP contribution < -0.4 is 10.2 Å². The fraction of sp³-hybridized carbons (Fsp3) is 0.458. The molecule has 0 bridgehead atoms. The number of hydrogen-bond donors (Lipinski definition) is 1. The summed E-state index contributed by atoms with van der Waals surface area (Å²) in [6.45, 7) is 3.35.